The average molecular weight is 482 g/mol. The number of aromatic nitrogens is 1. The first-order chi connectivity index (χ1) is 17.2. The van der Waals surface area contributed by atoms with Crippen molar-refractivity contribution < 1.29 is 9.59 Å². The molecule has 5 rings (SSSR count). The molecule has 0 spiro atoms. The van der Waals surface area contributed by atoms with E-state index in [1.165, 1.54) is 6.42 Å². The van der Waals surface area contributed by atoms with Crippen molar-refractivity contribution in [1.82, 2.24) is 24.6 Å². The molecule has 0 saturated carbocycles. The summed E-state index contributed by atoms with van der Waals surface area (Å²) in [7, 11) is 0. The van der Waals surface area contributed by atoms with Crippen molar-refractivity contribution in [3.63, 3.8) is 0 Å². The van der Waals surface area contributed by atoms with Gasteiger partial charge in [-0.25, -0.2) is 0 Å². The van der Waals surface area contributed by atoms with Crippen molar-refractivity contribution in [3.8, 4) is 0 Å². The molecule has 0 N–H and O–H groups in total. The van der Waals surface area contributed by atoms with Gasteiger partial charge in [0.1, 0.15) is 0 Å². The molecule has 1 aromatic heterocycles. The van der Waals surface area contributed by atoms with Crippen molar-refractivity contribution in [2.75, 3.05) is 52.4 Å². The molecule has 2 amide bonds. The molecule has 1 aromatic rings. The summed E-state index contributed by atoms with van der Waals surface area (Å²) >= 11 is 0. The third-order valence-corrected chi connectivity index (χ3v) is 8.87. The van der Waals surface area contributed by atoms with E-state index >= 15 is 0 Å². The monoisotopic (exact) mass is 481 g/mol. The maximum atomic E-state index is 13.7. The van der Waals surface area contributed by atoms with Crippen LogP contribution in [-0.4, -0.2) is 94.8 Å². The molecular formula is C28H43N5O2. The molecule has 1 atom stereocenters. The van der Waals surface area contributed by atoms with Crippen molar-refractivity contribution in [1.29, 1.82) is 0 Å². The Morgan fingerprint density at radius 2 is 1.51 bits per heavy atom. The predicted molar refractivity (Wildman–Crippen MR) is 137 cm³/mol. The van der Waals surface area contributed by atoms with E-state index in [-0.39, 0.29) is 5.92 Å². The molecule has 192 valence electrons. The lowest BCUT2D eigenvalue weighted by atomic mass is 9.82. The Balaban J connectivity index is 1.10. The standard InChI is InChI=1S/C28H43N5O2/c34-27(32-14-5-6-15-32)22-31-17-9-23(10-18-31)26-8-2-4-16-33(26)28(35)24-11-19-30(20-12-24)21-25-7-1-3-13-29-25/h1,3,7,13,23-24,26H,2,4-6,8-12,14-22H2/t26-/m0/s1. The molecule has 4 aliphatic heterocycles. The number of rotatable bonds is 6. The summed E-state index contributed by atoms with van der Waals surface area (Å²) in [6, 6.07) is 6.49. The number of carbonyl (C=O) groups is 2. The molecule has 0 aliphatic carbocycles. The zero-order valence-corrected chi connectivity index (χ0v) is 21.3. The molecule has 7 heteroatoms. The van der Waals surface area contributed by atoms with E-state index in [9.17, 15) is 9.59 Å². The van der Waals surface area contributed by atoms with Gasteiger partial charge in [-0.2, -0.15) is 0 Å². The molecule has 4 saturated heterocycles. The van der Waals surface area contributed by atoms with Gasteiger partial charge in [0.25, 0.3) is 0 Å². The smallest absolute Gasteiger partial charge is 0.236 e. The third-order valence-electron chi connectivity index (χ3n) is 8.87. The summed E-state index contributed by atoms with van der Waals surface area (Å²) < 4.78 is 0. The van der Waals surface area contributed by atoms with Gasteiger partial charge < -0.3 is 9.80 Å². The molecule has 35 heavy (non-hydrogen) atoms. The number of carbonyl (C=O) groups excluding carboxylic acids is 2. The maximum absolute atomic E-state index is 13.7. The summed E-state index contributed by atoms with van der Waals surface area (Å²) in [6.07, 6.45) is 11.9. The van der Waals surface area contributed by atoms with Crippen LogP contribution in [0, 0.1) is 11.8 Å². The number of hydrogen-bond acceptors (Lipinski definition) is 5. The Morgan fingerprint density at radius 1 is 0.800 bits per heavy atom. The van der Waals surface area contributed by atoms with Gasteiger partial charge >= 0.3 is 0 Å². The summed E-state index contributed by atoms with van der Waals surface area (Å²) in [5.74, 6) is 1.49. The summed E-state index contributed by atoms with van der Waals surface area (Å²) in [4.78, 5) is 39.8. The van der Waals surface area contributed by atoms with Gasteiger partial charge in [0.15, 0.2) is 0 Å². The highest BCUT2D eigenvalue weighted by Gasteiger charge is 2.38. The number of nitrogens with zero attached hydrogens (tertiary/aromatic N) is 5. The molecule has 4 fully saturated rings. The number of amides is 2. The van der Waals surface area contributed by atoms with Crippen molar-refractivity contribution in [2.45, 2.75) is 70.4 Å². The Kier molecular flexibility index (Phi) is 8.35. The van der Waals surface area contributed by atoms with Crippen LogP contribution in [-0.2, 0) is 16.1 Å². The van der Waals surface area contributed by atoms with Crippen LogP contribution < -0.4 is 0 Å². The normalized spacial score (nSPS) is 25.8. The average Bonchev–Trinajstić information content (AvgIpc) is 3.45. The quantitative estimate of drug-likeness (QED) is 0.625. The maximum Gasteiger partial charge on any atom is 0.236 e. The number of hydrogen-bond donors (Lipinski definition) is 0. The lowest BCUT2D eigenvalue weighted by Gasteiger charge is -2.45. The topological polar surface area (TPSA) is 60.0 Å². The van der Waals surface area contributed by atoms with Crippen LogP contribution in [0.4, 0.5) is 0 Å². The van der Waals surface area contributed by atoms with Gasteiger partial charge in [-0.15, -0.1) is 0 Å². The minimum atomic E-state index is 0.175. The molecule has 4 aliphatic rings. The number of piperidine rings is 3. The second-order valence-electron chi connectivity index (χ2n) is 11.2. The summed E-state index contributed by atoms with van der Waals surface area (Å²) in [6.45, 7) is 8.23. The van der Waals surface area contributed by atoms with Crippen molar-refractivity contribution in [3.05, 3.63) is 30.1 Å². The predicted octanol–water partition coefficient (Wildman–Crippen LogP) is 3.01. The third kappa shape index (κ3) is 6.23. The van der Waals surface area contributed by atoms with Gasteiger partial charge in [0.05, 0.1) is 12.2 Å². The van der Waals surface area contributed by atoms with Gasteiger partial charge in [-0.3, -0.25) is 24.4 Å². The second-order valence-corrected chi connectivity index (χ2v) is 11.2. The fraction of sp³-hybridized carbons (Fsp3) is 0.750. The van der Waals surface area contributed by atoms with E-state index in [1.807, 2.05) is 23.2 Å². The molecule has 5 heterocycles. The Bertz CT molecular complexity index is 827. The van der Waals surface area contributed by atoms with Crippen LogP contribution in [0.25, 0.3) is 0 Å². The van der Waals surface area contributed by atoms with Crippen LogP contribution in [0.2, 0.25) is 0 Å². The number of likely N-dealkylation sites (tertiary alicyclic amines) is 4. The second kappa shape index (κ2) is 11.8. The molecular weight excluding hydrogens is 438 g/mol. The highest BCUT2D eigenvalue weighted by Crippen LogP contribution is 2.33. The van der Waals surface area contributed by atoms with E-state index in [1.54, 1.807) is 0 Å². The first-order valence-electron chi connectivity index (χ1n) is 14.1. The van der Waals surface area contributed by atoms with Crippen LogP contribution in [0.3, 0.4) is 0 Å². The van der Waals surface area contributed by atoms with E-state index < -0.39 is 0 Å². The first-order valence-corrected chi connectivity index (χ1v) is 14.1. The zero-order chi connectivity index (χ0) is 24.0. The lowest BCUT2D eigenvalue weighted by Crippen LogP contribution is -2.53. The SMILES string of the molecule is O=C(CN1CCC([C@@H]2CCCCN2C(=O)C2CCN(Cc3ccccn3)CC2)CC1)N1CCCC1. The minimum absolute atomic E-state index is 0.175. The molecule has 0 radical (unpaired) electrons. The molecule has 0 aromatic carbocycles. The molecule has 0 unspecified atom stereocenters. The van der Waals surface area contributed by atoms with Crippen LogP contribution in [0.1, 0.15) is 63.5 Å². The zero-order valence-electron chi connectivity index (χ0n) is 21.3. The van der Waals surface area contributed by atoms with Crippen LogP contribution in [0.15, 0.2) is 24.4 Å². The van der Waals surface area contributed by atoms with Crippen molar-refractivity contribution in [2.24, 2.45) is 11.8 Å². The van der Waals surface area contributed by atoms with Gasteiger partial charge in [-0.1, -0.05) is 6.07 Å². The van der Waals surface area contributed by atoms with E-state index in [0.717, 1.165) is 109 Å². The van der Waals surface area contributed by atoms with Crippen LogP contribution >= 0.6 is 0 Å². The largest absolute Gasteiger partial charge is 0.342 e. The van der Waals surface area contributed by atoms with Gasteiger partial charge in [-0.05, 0) is 102 Å². The fourth-order valence-electron chi connectivity index (χ4n) is 6.77. The fourth-order valence-corrected chi connectivity index (χ4v) is 6.77. The Hall–Kier alpha value is -1.99. The van der Waals surface area contributed by atoms with Gasteiger partial charge in [0, 0.05) is 44.3 Å². The van der Waals surface area contributed by atoms with E-state index in [2.05, 4.69) is 25.8 Å². The van der Waals surface area contributed by atoms with E-state index in [0.29, 0.717) is 30.3 Å². The Labute approximate surface area is 210 Å². The summed E-state index contributed by atoms with van der Waals surface area (Å²) in [5, 5.41) is 0. The highest BCUT2D eigenvalue weighted by atomic mass is 16.2. The molecule has 7 nitrogen and oxygen atoms in total. The summed E-state index contributed by atoms with van der Waals surface area (Å²) in [5.41, 5.74) is 1.11. The minimum Gasteiger partial charge on any atom is -0.342 e. The van der Waals surface area contributed by atoms with Crippen LogP contribution in [0.5, 0.6) is 0 Å². The van der Waals surface area contributed by atoms with Crippen molar-refractivity contribution >= 4 is 11.8 Å². The highest BCUT2D eigenvalue weighted by molar-refractivity contribution is 5.79. The number of pyridine rings is 1. The Morgan fingerprint density at radius 3 is 2.23 bits per heavy atom. The van der Waals surface area contributed by atoms with E-state index in [4.69, 9.17) is 0 Å². The first kappa shape index (κ1) is 24.7. The molecule has 0 bridgehead atoms. The van der Waals surface area contributed by atoms with Gasteiger partial charge in [0.2, 0.25) is 11.8 Å². The lowest BCUT2D eigenvalue weighted by molar-refractivity contribution is -0.143.